The van der Waals surface area contributed by atoms with Crippen molar-refractivity contribution in [1.82, 2.24) is 39.0 Å². The van der Waals surface area contributed by atoms with Gasteiger partial charge >= 0.3 is 15.6 Å². The van der Waals surface area contributed by atoms with E-state index in [2.05, 4.69) is 35.2 Å². The van der Waals surface area contributed by atoms with Crippen LogP contribution in [0.15, 0.2) is 23.6 Å². The van der Waals surface area contributed by atoms with Crippen LogP contribution in [-0.2, 0) is 58.9 Å². The van der Waals surface area contributed by atoms with Crippen molar-refractivity contribution >= 4 is 58.1 Å². The number of hydrogen-bond donors (Lipinski definition) is 3. The summed E-state index contributed by atoms with van der Waals surface area (Å²) in [5.74, 6) is -0.850. The van der Waals surface area contributed by atoms with Gasteiger partial charge in [0.05, 0.1) is 44.8 Å². The van der Waals surface area contributed by atoms with Gasteiger partial charge in [-0.2, -0.15) is 10.2 Å². The summed E-state index contributed by atoms with van der Waals surface area (Å²) in [5.41, 5.74) is -0.132. The molecule has 3 unspecified atom stereocenters. The number of anilines is 1. The van der Waals surface area contributed by atoms with Gasteiger partial charge in [0, 0.05) is 12.5 Å². The van der Waals surface area contributed by atoms with E-state index in [0.717, 1.165) is 0 Å². The molecule has 2 aliphatic heterocycles. The van der Waals surface area contributed by atoms with Gasteiger partial charge in [-0.15, -0.1) is 0 Å². The Balaban J connectivity index is 1.47. The molecule has 0 aliphatic carbocycles. The molecule has 0 aromatic carbocycles. The molecule has 2 aliphatic rings. The highest BCUT2D eigenvalue weighted by Gasteiger charge is 2.55. The first-order valence-electron chi connectivity index (χ1n) is 18.1. The van der Waals surface area contributed by atoms with Crippen LogP contribution in [0.1, 0.15) is 59.5 Å². The molecule has 0 saturated carbocycles. The number of hydrogen-bond acceptors (Lipinski definition) is 17. The molecule has 1 amide bonds. The lowest BCUT2D eigenvalue weighted by atomic mass is 10.1. The maximum atomic E-state index is 14.1. The second-order valence-electron chi connectivity index (χ2n) is 15.2. The summed E-state index contributed by atoms with van der Waals surface area (Å²) in [6, 6.07) is 1.93. The minimum absolute atomic E-state index is 0.0766. The first-order chi connectivity index (χ1) is 26.8. The number of aryl methyl sites for hydroxylation is 1. The summed E-state index contributed by atoms with van der Waals surface area (Å²) in [6.07, 6.45) is -1.20. The van der Waals surface area contributed by atoms with E-state index in [9.17, 15) is 23.6 Å². The highest BCUT2D eigenvalue weighted by atomic mass is 31.2. The van der Waals surface area contributed by atoms with E-state index in [0.29, 0.717) is 11.2 Å². The quantitative estimate of drug-likeness (QED) is 0.126. The molecule has 6 heterocycles. The van der Waals surface area contributed by atoms with Gasteiger partial charge in [0.25, 0.3) is 5.56 Å². The highest BCUT2D eigenvalue weighted by molar-refractivity contribution is 7.48. The van der Waals surface area contributed by atoms with Gasteiger partial charge in [-0.3, -0.25) is 47.1 Å². The van der Waals surface area contributed by atoms with Crippen LogP contribution in [0.2, 0.25) is 18.1 Å². The zero-order chi connectivity index (χ0) is 41.3. The van der Waals surface area contributed by atoms with Crippen LogP contribution < -0.4 is 10.9 Å². The number of H-pyrrole nitrogens is 1. The van der Waals surface area contributed by atoms with E-state index in [1.807, 2.05) is 39.9 Å². The number of phosphoric ester groups is 2. The van der Waals surface area contributed by atoms with Crippen molar-refractivity contribution in [3.63, 3.8) is 0 Å². The fourth-order valence-corrected chi connectivity index (χ4v) is 9.15. The standard InChI is InChI=1S/C32H46N10O12P2Si/c1-19(2)28(43)39-31-38-27-23(29(44)40-31)36-18-42(27)30-25-24(54-57(6,7)32(3,4)5)21(52-30)15-51-56(47,48-12-8-10-33)49-13-9-11-41-22(16-50-55(45,46)53-25)37-20-14-34-17-35-26(20)41/h14,17-19,21,24-25,30H,8-9,11-13,15-16H2,1-7H3,(H,45,46)(H2,38,39,40,43,44)/t21-,24?,25-,30-,56?/m1/s1. The maximum Gasteiger partial charge on any atom is 0.474 e. The molecular formula is C32H46N10O12P2Si. The first-order valence-corrected chi connectivity index (χ1v) is 24.0. The van der Waals surface area contributed by atoms with Gasteiger partial charge in [-0.1, -0.05) is 34.6 Å². The monoisotopic (exact) mass is 852 g/mol. The first kappa shape index (κ1) is 42.8. The molecule has 57 heavy (non-hydrogen) atoms. The number of nitriles is 1. The van der Waals surface area contributed by atoms with Crippen LogP contribution in [0.3, 0.4) is 0 Å². The summed E-state index contributed by atoms with van der Waals surface area (Å²) in [7, 11) is -12.3. The average molecular weight is 853 g/mol. The zero-order valence-electron chi connectivity index (χ0n) is 32.5. The molecule has 4 aromatic heterocycles. The van der Waals surface area contributed by atoms with Crippen molar-refractivity contribution in [3.05, 3.63) is 35.0 Å². The Labute approximate surface area is 327 Å². The number of nitrogens with one attached hydrogen (secondary N) is 2. The molecule has 310 valence electrons. The number of aromatic nitrogens is 8. The lowest BCUT2D eigenvalue weighted by Crippen LogP contribution is -2.50. The van der Waals surface area contributed by atoms with Crippen LogP contribution in [0.5, 0.6) is 0 Å². The van der Waals surface area contributed by atoms with Crippen LogP contribution in [0, 0.1) is 17.2 Å². The summed E-state index contributed by atoms with van der Waals surface area (Å²) < 4.78 is 73.2. The number of carbonyl (C=O) groups excluding carboxylic acids is 1. The molecule has 1 saturated heterocycles. The normalized spacial score (nSPS) is 26.7. The molecule has 22 nitrogen and oxygen atoms in total. The number of aromatic amines is 1. The lowest BCUT2D eigenvalue weighted by Gasteiger charge is -2.40. The lowest BCUT2D eigenvalue weighted by molar-refractivity contribution is -0.118. The Morgan fingerprint density at radius 1 is 1.19 bits per heavy atom. The number of ether oxygens (including phenoxy) is 1. The summed E-state index contributed by atoms with van der Waals surface area (Å²) >= 11 is 0. The second-order valence-corrected chi connectivity index (χ2v) is 23.0. The fourth-order valence-electron chi connectivity index (χ4n) is 5.74. The van der Waals surface area contributed by atoms with Crippen LogP contribution >= 0.6 is 15.6 Å². The van der Waals surface area contributed by atoms with Crippen LogP contribution in [0.4, 0.5) is 5.95 Å². The molecule has 25 heteroatoms. The number of imidazole rings is 2. The van der Waals surface area contributed by atoms with Crippen molar-refractivity contribution in [3.8, 4) is 6.07 Å². The van der Waals surface area contributed by atoms with Crippen LogP contribution in [0.25, 0.3) is 22.3 Å². The van der Waals surface area contributed by atoms with Crippen molar-refractivity contribution < 1.29 is 50.6 Å². The van der Waals surface area contributed by atoms with E-state index in [-0.39, 0.29) is 55.5 Å². The average Bonchev–Trinajstić information content (AvgIpc) is 3.81. The van der Waals surface area contributed by atoms with Gasteiger partial charge in [0.2, 0.25) is 11.9 Å². The van der Waals surface area contributed by atoms with Gasteiger partial charge in [-0.05, 0) is 24.6 Å². The molecule has 3 N–H and O–H groups in total. The Morgan fingerprint density at radius 3 is 2.68 bits per heavy atom. The maximum absolute atomic E-state index is 14.1. The van der Waals surface area contributed by atoms with Crippen molar-refractivity contribution in [2.75, 3.05) is 25.1 Å². The topological polar surface area (TPSA) is 279 Å². The van der Waals surface area contributed by atoms with E-state index >= 15 is 0 Å². The smallest absolute Gasteiger partial charge is 0.408 e. The molecule has 4 aromatic rings. The molecular weight excluding hydrogens is 806 g/mol. The fraction of sp³-hybridized carbons (Fsp3) is 0.625. The summed E-state index contributed by atoms with van der Waals surface area (Å²) in [5, 5.41) is 11.3. The molecule has 6 atom stereocenters. The summed E-state index contributed by atoms with van der Waals surface area (Å²) in [4.78, 5) is 61.1. The van der Waals surface area contributed by atoms with Crippen molar-refractivity contribution in [2.24, 2.45) is 5.92 Å². The number of fused-ring (bicyclic) bond motifs is 6. The third-order valence-electron chi connectivity index (χ3n) is 9.73. The Morgan fingerprint density at radius 2 is 1.96 bits per heavy atom. The second kappa shape index (κ2) is 16.8. The third kappa shape index (κ3) is 9.58. The minimum Gasteiger partial charge on any atom is -0.408 e. The summed E-state index contributed by atoms with van der Waals surface area (Å²) in [6.45, 7) is 11.9. The number of nitrogens with zero attached hydrogens (tertiary/aromatic N) is 8. The Bertz CT molecular complexity index is 2300. The Kier molecular flexibility index (Phi) is 12.6. The molecule has 6 rings (SSSR count). The van der Waals surface area contributed by atoms with E-state index in [4.69, 9.17) is 37.0 Å². The van der Waals surface area contributed by atoms with E-state index < -0.39 is 84.1 Å². The van der Waals surface area contributed by atoms with Crippen LogP contribution in [-0.4, -0.2) is 96.3 Å². The van der Waals surface area contributed by atoms with Gasteiger partial charge in [0.1, 0.15) is 42.6 Å². The van der Waals surface area contributed by atoms with Crippen molar-refractivity contribution in [1.29, 1.82) is 5.26 Å². The molecule has 0 radical (unpaired) electrons. The number of rotatable bonds is 8. The number of amides is 1. The third-order valence-corrected chi connectivity index (χ3v) is 16.6. The zero-order valence-corrected chi connectivity index (χ0v) is 35.3. The largest absolute Gasteiger partial charge is 0.474 e. The molecule has 0 spiro atoms. The predicted octanol–water partition coefficient (Wildman–Crippen LogP) is 4.32. The molecule has 1 fully saturated rings. The number of carbonyl (C=O) groups is 1. The van der Waals surface area contributed by atoms with Crippen molar-refractivity contribution in [2.45, 2.75) is 103 Å². The highest BCUT2D eigenvalue weighted by Crippen LogP contribution is 2.54. The molecule has 2 bridgehead atoms. The van der Waals surface area contributed by atoms with E-state index in [1.54, 1.807) is 18.4 Å². The predicted molar refractivity (Wildman–Crippen MR) is 203 cm³/mol. The van der Waals surface area contributed by atoms with Gasteiger partial charge < -0.3 is 18.6 Å². The SMILES string of the molecule is CC(C)C(=O)Nc1nc2c(ncn2[C@@H]2O[C@@H]3COP(=O)(OCCC#N)OCCCn4c(nc5cncnc54)COP(=O)(O)O[C@@H]2C3O[Si](C)(C)C(C)(C)C)c(=O)[nH]1. The Hall–Kier alpha value is -3.78. The van der Waals surface area contributed by atoms with E-state index in [1.165, 1.54) is 23.4 Å². The van der Waals surface area contributed by atoms with Gasteiger partial charge in [0.15, 0.2) is 31.4 Å². The minimum atomic E-state index is -5.05. The van der Waals surface area contributed by atoms with Gasteiger partial charge in [-0.25, -0.2) is 29.1 Å². The number of phosphoric acid groups is 2.